The van der Waals surface area contributed by atoms with E-state index in [1.807, 2.05) is 0 Å². The average molecular weight is 365 g/mol. The van der Waals surface area contributed by atoms with Crippen LogP contribution >= 0.6 is 0 Å². The lowest BCUT2D eigenvalue weighted by Gasteiger charge is -2.38. The van der Waals surface area contributed by atoms with Crippen molar-refractivity contribution in [3.05, 3.63) is 30.1 Å². The summed E-state index contributed by atoms with van der Waals surface area (Å²) in [5.74, 6) is 1.02. The summed E-state index contributed by atoms with van der Waals surface area (Å²) in [4.78, 5) is 9.02. The zero-order chi connectivity index (χ0) is 18.9. The molecule has 146 valence electrons. The lowest BCUT2D eigenvalue weighted by atomic mass is 10.2. The number of benzene rings is 1. The minimum Gasteiger partial charge on any atom is -0.489 e. The van der Waals surface area contributed by atoms with Gasteiger partial charge in [-0.25, -0.2) is 4.39 Å². The molecule has 2 unspecified atom stereocenters. The highest BCUT2D eigenvalue weighted by Gasteiger charge is 2.22. The van der Waals surface area contributed by atoms with Crippen molar-refractivity contribution < 1.29 is 9.13 Å². The Hall–Kier alpha value is -1.86. The summed E-state index contributed by atoms with van der Waals surface area (Å²) in [7, 11) is 6.08. The topological polar surface area (TPSA) is 52.1 Å². The quantitative estimate of drug-likeness (QED) is 0.565. The van der Waals surface area contributed by atoms with Crippen LogP contribution in [0.15, 0.2) is 29.3 Å². The second-order valence-corrected chi connectivity index (χ2v) is 6.84. The number of nitrogens with zero attached hydrogens (tertiary/aromatic N) is 3. The maximum atomic E-state index is 13.3. The van der Waals surface area contributed by atoms with Crippen LogP contribution in [0.1, 0.15) is 13.3 Å². The van der Waals surface area contributed by atoms with Crippen LogP contribution in [0.3, 0.4) is 0 Å². The summed E-state index contributed by atoms with van der Waals surface area (Å²) < 4.78 is 19.2. The molecule has 1 aliphatic heterocycles. The van der Waals surface area contributed by atoms with E-state index in [0.717, 1.165) is 38.6 Å². The summed E-state index contributed by atoms with van der Waals surface area (Å²) in [5.41, 5.74) is 0. The second-order valence-electron chi connectivity index (χ2n) is 6.84. The Kier molecular flexibility index (Phi) is 8.12. The SMILES string of the molecule is CCC(CNC(=NC)NCC1CN(C)CCN1C)Oc1cccc(F)c1. The highest BCUT2D eigenvalue weighted by atomic mass is 19.1. The van der Waals surface area contributed by atoms with Crippen LogP contribution < -0.4 is 15.4 Å². The molecule has 0 aromatic heterocycles. The standard InChI is InChI=1S/C19H32FN5O/c1-5-17(26-18-8-6-7-15(20)11-18)13-23-19(21-2)22-12-16-14-24(3)9-10-25(16)4/h6-8,11,16-17H,5,9-10,12-14H2,1-4H3,(H2,21,22,23). The van der Waals surface area contributed by atoms with Crippen molar-refractivity contribution in [3.8, 4) is 5.75 Å². The molecule has 0 amide bonds. The molecule has 26 heavy (non-hydrogen) atoms. The Balaban J connectivity index is 1.79. The average Bonchev–Trinajstić information content (AvgIpc) is 2.63. The molecule has 1 fully saturated rings. The van der Waals surface area contributed by atoms with E-state index in [4.69, 9.17) is 4.74 Å². The van der Waals surface area contributed by atoms with E-state index in [2.05, 4.69) is 46.4 Å². The number of guanidine groups is 1. The maximum absolute atomic E-state index is 13.3. The largest absolute Gasteiger partial charge is 0.489 e. The van der Waals surface area contributed by atoms with Gasteiger partial charge in [-0.1, -0.05) is 13.0 Å². The molecular weight excluding hydrogens is 333 g/mol. The summed E-state index contributed by atoms with van der Waals surface area (Å²) >= 11 is 0. The fraction of sp³-hybridized carbons (Fsp3) is 0.632. The van der Waals surface area contributed by atoms with E-state index < -0.39 is 0 Å². The predicted octanol–water partition coefficient (Wildman–Crippen LogP) is 1.39. The first-order chi connectivity index (χ1) is 12.5. The van der Waals surface area contributed by atoms with Gasteiger partial charge in [0.2, 0.25) is 0 Å². The molecule has 1 aliphatic rings. The van der Waals surface area contributed by atoms with Gasteiger partial charge in [0.25, 0.3) is 0 Å². The molecule has 2 atom stereocenters. The van der Waals surface area contributed by atoms with E-state index in [1.165, 1.54) is 12.1 Å². The number of aliphatic imine (C=N–C) groups is 1. The monoisotopic (exact) mass is 365 g/mol. The van der Waals surface area contributed by atoms with Crippen LogP contribution in [-0.4, -0.2) is 81.8 Å². The van der Waals surface area contributed by atoms with Crippen LogP contribution in [-0.2, 0) is 0 Å². The Bertz CT molecular complexity index is 583. The van der Waals surface area contributed by atoms with Crippen molar-refractivity contribution in [2.45, 2.75) is 25.5 Å². The lowest BCUT2D eigenvalue weighted by molar-refractivity contribution is 0.116. The smallest absolute Gasteiger partial charge is 0.191 e. The summed E-state index contributed by atoms with van der Waals surface area (Å²) in [6.45, 7) is 6.72. The predicted molar refractivity (Wildman–Crippen MR) is 104 cm³/mol. The van der Waals surface area contributed by atoms with Gasteiger partial charge in [-0.2, -0.15) is 0 Å². The van der Waals surface area contributed by atoms with Crippen LogP contribution in [0, 0.1) is 5.82 Å². The molecule has 0 radical (unpaired) electrons. The normalized spacial score (nSPS) is 20.7. The van der Waals surface area contributed by atoms with Gasteiger partial charge in [-0.15, -0.1) is 0 Å². The fourth-order valence-electron chi connectivity index (χ4n) is 2.97. The van der Waals surface area contributed by atoms with E-state index >= 15 is 0 Å². The molecule has 0 spiro atoms. The number of hydrogen-bond acceptors (Lipinski definition) is 4. The van der Waals surface area contributed by atoms with Crippen molar-refractivity contribution in [2.75, 3.05) is 53.9 Å². The second kappa shape index (κ2) is 10.3. The number of likely N-dealkylation sites (N-methyl/N-ethyl adjacent to an activating group) is 2. The molecule has 0 bridgehead atoms. The van der Waals surface area contributed by atoms with Crippen molar-refractivity contribution in [1.82, 2.24) is 20.4 Å². The van der Waals surface area contributed by atoms with Gasteiger partial charge in [0, 0.05) is 45.3 Å². The molecule has 1 heterocycles. The fourth-order valence-corrected chi connectivity index (χ4v) is 2.97. The first-order valence-corrected chi connectivity index (χ1v) is 9.27. The minimum atomic E-state index is -0.288. The summed E-state index contributed by atoms with van der Waals surface area (Å²) in [6, 6.07) is 6.71. The Morgan fingerprint density at radius 2 is 2.15 bits per heavy atom. The third kappa shape index (κ3) is 6.46. The van der Waals surface area contributed by atoms with Gasteiger partial charge >= 0.3 is 0 Å². The van der Waals surface area contributed by atoms with Gasteiger partial charge < -0.3 is 20.3 Å². The molecule has 2 N–H and O–H groups in total. The number of hydrogen-bond donors (Lipinski definition) is 2. The molecule has 1 aromatic rings. The summed E-state index contributed by atoms with van der Waals surface area (Å²) in [5, 5.41) is 6.71. The van der Waals surface area contributed by atoms with E-state index in [9.17, 15) is 4.39 Å². The molecule has 0 aliphatic carbocycles. The van der Waals surface area contributed by atoms with Gasteiger partial charge in [-0.05, 0) is 32.6 Å². The first kappa shape index (κ1) is 20.5. The van der Waals surface area contributed by atoms with Crippen molar-refractivity contribution in [2.24, 2.45) is 4.99 Å². The Morgan fingerprint density at radius 3 is 2.85 bits per heavy atom. The van der Waals surface area contributed by atoms with E-state index in [-0.39, 0.29) is 11.9 Å². The number of halogens is 1. The van der Waals surface area contributed by atoms with Crippen molar-refractivity contribution in [1.29, 1.82) is 0 Å². The van der Waals surface area contributed by atoms with Gasteiger partial charge in [0.15, 0.2) is 5.96 Å². The van der Waals surface area contributed by atoms with Crippen LogP contribution in [0.25, 0.3) is 0 Å². The number of rotatable bonds is 7. The van der Waals surface area contributed by atoms with Crippen LogP contribution in [0.4, 0.5) is 4.39 Å². The molecule has 1 saturated heterocycles. The minimum absolute atomic E-state index is 0.0566. The van der Waals surface area contributed by atoms with Crippen molar-refractivity contribution in [3.63, 3.8) is 0 Å². The zero-order valence-corrected chi connectivity index (χ0v) is 16.3. The summed E-state index contributed by atoms with van der Waals surface area (Å²) in [6.07, 6.45) is 0.760. The highest BCUT2D eigenvalue weighted by Crippen LogP contribution is 2.14. The van der Waals surface area contributed by atoms with E-state index in [0.29, 0.717) is 18.3 Å². The Morgan fingerprint density at radius 1 is 1.35 bits per heavy atom. The molecule has 1 aromatic carbocycles. The third-order valence-corrected chi connectivity index (χ3v) is 4.76. The number of nitrogens with one attached hydrogen (secondary N) is 2. The van der Waals surface area contributed by atoms with Crippen molar-refractivity contribution >= 4 is 5.96 Å². The van der Waals surface area contributed by atoms with Gasteiger partial charge in [-0.3, -0.25) is 9.89 Å². The number of ether oxygens (including phenoxy) is 1. The number of piperazine rings is 1. The van der Waals surface area contributed by atoms with E-state index in [1.54, 1.807) is 19.2 Å². The molecule has 6 nitrogen and oxygen atoms in total. The van der Waals surface area contributed by atoms with Crippen LogP contribution in [0.5, 0.6) is 5.75 Å². The van der Waals surface area contributed by atoms with Crippen LogP contribution in [0.2, 0.25) is 0 Å². The molecule has 2 rings (SSSR count). The third-order valence-electron chi connectivity index (χ3n) is 4.76. The first-order valence-electron chi connectivity index (χ1n) is 9.27. The molecule has 7 heteroatoms. The zero-order valence-electron chi connectivity index (χ0n) is 16.3. The molecular formula is C19H32FN5O. The van der Waals surface area contributed by atoms with Gasteiger partial charge in [0.05, 0.1) is 6.54 Å². The maximum Gasteiger partial charge on any atom is 0.191 e. The lowest BCUT2D eigenvalue weighted by Crippen LogP contribution is -2.55. The highest BCUT2D eigenvalue weighted by molar-refractivity contribution is 5.79. The molecule has 0 saturated carbocycles. The Labute approximate surface area is 156 Å². The van der Waals surface area contributed by atoms with Gasteiger partial charge in [0.1, 0.15) is 17.7 Å².